The first-order valence-corrected chi connectivity index (χ1v) is 6.69. The Balaban J connectivity index is 1.55. The van der Waals surface area contributed by atoms with Crippen molar-refractivity contribution in [2.45, 2.75) is 18.9 Å². The van der Waals surface area contributed by atoms with E-state index in [9.17, 15) is 4.79 Å². The van der Waals surface area contributed by atoms with E-state index in [1.54, 1.807) is 4.68 Å². The summed E-state index contributed by atoms with van der Waals surface area (Å²) in [7, 11) is 1.91. The van der Waals surface area contributed by atoms with Crippen molar-refractivity contribution in [3.63, 3.8) is 0 Å². The van der Waals surface area contributed by atoms with E-state index in [1.807, 2.05) is 19.4 Å². The topological polar surface area (TPSA) is 41.4 Å². The highest BCUT2D eigenvalue weighted by atomic mass is 16.1. The van der Waals surface area contributed by atoms with E-state index in [1.165, 1.54) is 0 Å². The number of hydrogen-bond acceptors (Lipinski definition) is 4. The molecule has 0 aliphatic carbocycles. The number of carbonyl (C=O) groups excluding carboxylic acids is 1. The number of piperazine rings is 3. The molecule has 3 fully saturated rings. The molecule has 3 aliphatic heterocycles. The number of aromatic nitrogens is 2. The van der Waals surface area contributed by atoms with Crippen LogP contribution < -0.4 is 0 Å². The SMILES string of the molecule is Cn1cc(CCC(=O)C2CN3CCN2CC3)cn1. The van der Waals surface area contributed by atoms with Crippen molar-refractivity contribution >= 4 is 5.78 Å². The zero-order valence-electron chi connectivity index (χ0n) is 10.9. The molecule has 4 heterocycles. The summed E-state index contributed by atoms with van der Waals surface area (Å²) in [5.74, 6) is 0.392. The van der Waals surface area contributed by atoms with Gasteiger partial charge in [0.05, 0.1) is 12.2 Å². The average molecular weight is 248 g/mol. The lowest BCUT2D eigenvalue weighted by Crippen LogP contribution is -2.63. The van der Waals surface area contributed by atoms with Crippen LogP contribution >= 0.6 is 0 Å². The molecule has 0 aromatic carbocycles. The summed E-state index contributed by atoms with van der Waals surface area (Å²) >= 11 is 0. The number of fused-ring (bicyclic) bond motifs is 3. The molecule has 1 aromatic heterocycles. The molecule has 1 unspecified atom stereocenters. The monoisotopic (exact) mass is 248 g/mol. The molecule has 0 amide bonds. The Kier molecular flexibility index (Phi) is 3.18. The van der Waals surface area contributed by atoms with Gasteiger partial charge in [-0.15, -0.1) is 0 Å². The number of nitrogens with zero attached hydrogens (tertiary/aromatic N) is 4. The third-order valence-electron chi connectivity index (χ3n) is 4.07. The maximum Gasteiger partial charge on any atom is 0.151 e. The van der Waals surface area contributed by atoms with E-state index in [4.69, 9.17) is 0 Å². The molecule has 0 saturated carbocycles. The maximum atomic E-state index is 12.3. The molecule has 3 aliphatic rings. The zero-order chi connectivity index (χ0) is 12.5. The van der Waals surface area contributed by atoms with Crippen LogP contribution in [0.3, 0.4) is 0 Å². The number of rotatable bonds is 4. The van der Waals surface area contributed by atoms with Crippen molar-refractivity contribution in [2.24, 2.45) is 7.05 Å². The lowest BCUT2D eigenvalue weighted by Gasteiger charge is -2.46. The fourth-order valence-corrected chi connectivity index (χ4v) is 2.96. The van der Waals surface area contributed by atoms with E-state index >= 15 is 0 Å². The molecule has 3 saturated heterocycles. The molecule has 2 bridgehead atoms. The van der Waals surface area contributed by atoms with Crippen LogP contribution in [0.25, 0.3) is 0 Å². The van der Waals surface area contributed by atoms with Crippen LogP contribution in [0.5, 0.6) is 0 Å². The number of ketones is 1. The highest BCUT2D eigenvalue weighted by Crippen LogP contribution is 2.18. The highest BCUT2D eigenvalue weighted by molar-refractivity contribution is 5.84. The van der Waals surface area contributed by atoms with Gasteiger partial charge in [0.25, 0.3) is 0 Å². The smallest absolute Gasteiger partial charge is 0.151 e. The van der Waals surface area contributed by atoms with Crippen LogP contribution in [0.15, 0.2) is 12.4 Å². The van der Waals surface area contributed by atoms with Crippen LogP contribution in [0, 0.1) is 0 Å². The van der Waals surface area contributed by atoms with Gasteiger partial charge in [0.1, 0.15) is 0 Å². The average Bonchev–Trinajstić information content (AvgIpc) is 2.83. The summed E-state index contributed by atoms with van der Waals surface area (Å²) in [6.45, 7) is 5.32. The van der Waals surface area contributed by atoms with Gasteiger partial charge in [-0.3, -0.25) is 19.3 Å². The molecule has 4 rings (SSSR count). The second-order valence-electron chi connectivity index (χ2n) is 5.34. The lowest BCUT2D eigenvalue weighted by atomic mass is 9.99. The molecule has 98 valence electrons. The Morgan fingerprint density at radius 2 is 2.17 bits per heavy atom. The maximum absolute atomic E-state index is 12.3. The van der Waals surface area contributed by atoms with Gasteiger partial charge < -0.3 is 0 Å². The Morgan fingerprint density at radius 3 is 2.72 bits per heavy atom. The Hall–Kier alpha value is -1.20. The predicted molar refractivity (Wildman–Crippen MR) is 68.3 cm³/mol. The molecular weight excluding hydrogens is 228 g/mol. The Morgan fingerprint density at radius 1 is 1.39 bits per heavy atom. The van der Waals surface area contributed by atoms with Crippen molar-refractivity contribution in [1.82, 2.24) is 19.6 Å². The van der Waals surface area contributed by atoms with Crippen molar-refractivity contribution in [1.29, 1.82) is 0 Å². The van der Waals surface area contributed by atoms with Crippen LogP contribution in [0.4, 0.5) is 0 Å². The van der Waals surface area contributed by atoms with Gasteiger partial charge in [0.2, 0.25) is 0 Å². The van der Waals surface area contributed by atoms with Crippen molar-refractivity contribution in [3.05, 3.63) is 18.0 Å². The van der Waals surface area contributed by atoms with Gasteiger partial charge in [-0.25, -0.2) is 0 Å². The summed E-state index contributed by atoms with van der Waals surface area (Å²) in [5, 5.41) is 4.13. The molecular formula is C13H20N4O. The molecule has 0 spiro atoms. The standard InChI is InChI=1S/C13H20N4O/c1-15-9-11(8-14-15)2-3-13(18)12-10-16-4-6-17(12)7-5-16/h8-9,12H,2-7,10H2,1H3. The van der Waals surface area contributed by atoms with Gasteiger partial charge in [0.15, 0.2) is 5.78 Å². The molecule has 1 aromatic rings. The number of hydrogen-bond donors (Lipinski definition) is 0. The summed E-state index contributed by atoms with van der Waals surface area (Å²) in [5.41, 5.74) is 1.15. The second-order valence-corrected chi connectivity index (χ2v) is 5.34. The van der Waals surface area contributed by atoms with Crippen LogP contribution in [0.1, 0.15) is 12.0 Å². The van der Waals surface area contributed by atoms with Gasteiger partial charge in [-0.1, -0.05) is 0 Å². The van der Waals surface area contributed by atoms with Crippen molar-refractivity contribution < 1.29 is 4.79 Å². The predicted octanol–water partition coefficient (Wildman–Crippen LogP) is -0.0784. The second kappa shape index (κ2) is 4.82. The van der Waals surface area contributed by atoms with Crippen LogP contribution in [0.2, 0.25) is 0 Å². The lowest BCUT2D eigenvalue weighted by molar-refractivity contribution is -0.129. The van der Waals surface area contributed by atoms with Crippen LogP contribution in [-0.2, 0) is 18.3 Å². The summed E-state index contributed by atoms with van der Waals surface area (Å²) < 4.78 is 1.79. The summed E-state index contributed by atoms with van der Waals surface area (Å²) in [4.78, 5) is 17.0. The summed E-state index contributed by atoms with van der Waals surface area (Å²) in [6, 6.07) is 0.143. The quantitative estimate of drug-likeness (QED) is 0.747. The minimum Gasteiger partial charge on any atom is -0.299 e. The van der Waals surface area contributed by atoms with E-state index in [2.05, 4.69) is 14.9 Å². The molecule has 0 radical (unpaired) electrons. The van der Waals surface area contributed by atoms with E-state index in [-0.39, 0.29) is 6.04 Å². The van der Waals surface area contributed by atoms with Crippen LogP contribution in [-0.4, -0.2) is 64.1 Å². The first-order valence-electron chi connectivity index (χ1n) is 6.69. The molecule has 5 heteroatoms. The van der Waals surface area contributed by atoms with E-state index in [0.29, 0.717) is 12.2 Å². The third kappa shape index (κ3) is 2.33. The normalized spacial score (nSPS) is 30.6. The van der Waals surface area contributed by atoms with E-state index < -0.39 is 0 Å². The Bertz CT molecular complexity index is 434. The van der Waals surface area contributed by atoms with E-state index in [0.717, 1.165) is 44.7 Å². The minimum atomic E-state index is 0.143. The largest absolute Gasteiger partial charge is 0.299 e. The Labute approximate surface area is 107 Å². The van der Waals surface area contributed by atoms with Gasteiger partial charge in [-0.2, -0.15) is 5.10 Å². The first-order chi connectivity index (χ1) is 8.72. The molecule has 1 atom stereocenters. The molecule has 5 nitrogen and oxygen atoms in total. The minimum absolute atomic E-state index is 0.143. The third-order valence-corrected chi connectivity index (χ3v) is 4.07. The fraction of sp³-hybridized carbons (Fsp3) is 0.692. The zero-order valence-corrected chi connectivity index (χ0v) is 10.9. The number of aryl methyl sites for hydroxylation is 2. The summed E-state index contributed by atoms with van der Waals surface area (Å²) in [6.07, 6.45) is 5.30. The molecule has 0 N–H and O–H groups in total. The highest BCUT2D eigenvalue weighted by Gasteiger charge is 2.35. The number of Topliss-reactive ketones (excluding diaryl/α,β-unsaturated/α-hetero) is 1. The van der Waals surface area contributed by atoms with Gasteiger partial charge in [-0.05, 0) is 12.0 Å². The number of carbonyl (C=O) groups is 1. The first kappa shape index (κ1) is 11.9. The van der Waals surface area contributed by atoms with Gasteiger partial charge >= 0.3 is 0 Å². The van der Waals surface area contributed by atoms with Gasteiger partial charge in [0, 0.05) is 52.4 Å². The fourth-order valence-electron chi connectivity index (χ4n) is 2.96. The van der Waals surface area contributed by atoms with Crippen molar-refractivity contribution in [2.75, 3.05) is 32.7 Å². The molecule has 18 heavy (non-hydrogen) atoms. The van der Waals surface area contributed by atoms with Crippen molar-refractivity contribution in [3.8, 4) is 0 Å².